The zero-order valence-electron chi connectivity index (χ0n) is 16.2. The van der Waals surface area contributed by atoms with Gasteiger partial charge in [-0.3, -0.25) is 4.79 Å². The molecule has 2 fully saturated rings. The van der Waals surface area contributed by atoms with Crippen LogP contribution in [0.2, 0.25) is 0 Å². The Labute approximate surface area is 168 Å². The van der Waals surface area contributed by atoms with Gasteiger partial charge in [-0.1, -0.05) is 18.2 Å². The molecule has 1 saturated carbocycles. The van der Waals surface area contributed by atoms with Crippen LogP contribution in [0.5, 0.6) is 5.75 Å². The molecule has 1 aromatic heterocycles. The molecule has 0 unspecified atom stereocenters. The average Bonchev–Trinajstić information content (AvgIpc) is 3.11. The summed E-state index contributed by atoms with van der Waals surface area (Å²) in [4.78, 5) is 14.2. The van der Waals surface area contributed by atoms with Crippen molar-refractivity contribution in [2.75, 3.05) is 13.1 Å². The van der Waals surface area contributed by atoms with Crippen LogP contribution >= 0.6 is 0 Å². The van der Waals surface area contributed by atoms with Crippen LogP contribution in [-0.2, 0) is 0 Å². The quantitative estimate of drug-likeness (QED) is 0.733. The van der Waals surface area contributed by atoms with E-state index in [9.17, 15) is 14.3 Å². The summed E-state index contributed by atoms with van der Waals surface area (Å²) < 4.78 is 16.0. The number of para-hydroxylation sites is 1. The highest BCUT2D eigenvalue weighted by molar-refractivity contribution is 5.95. The first-order chi connectivity index (χ1) is 14.0. The first kappa shape index (κ1) is 17.9. The Morgan fingerprint density at radius 3 is 2.69 bits per heavy atom. The van der Waals surface area contributed by atoms with Gasteiger partial charge in [0.1, 0.15) is 11.6 Å². The standard InChI is InChI=1S/C23H22FN3O2/c1-15-4-2-3-5-20(15)27-21(8-9-25-27)16-11-23(12-16)13-26(14-23)22(29)18-10-17(28)6-7-19(18)24/h2-10,16,28H,11-14H2,1H3. The molecule has 6 heteroatoms. The molecule has 5 nitrogen and oxygen atoms in total. The van der Waals surface area contributed by atoms with Crippen molar-refractivity contribution in [2.45, 2.75) is 25.7 Å². The second-order valence-corrected chi connectivity index (χ2v) is 8.38. The molecule has 2 aromatic carbocycles. The van der Waals surface area contributed by atoms with Gasteiger partial charge < -0.3 is 10.0 Å². The fourth-order valence-electron chi connectivity index (χ4n) is 4.83. The minimum absolute atomic E-state index is 0.0617. The van der Waals surface area contributed by atoms with Crippen LogP contribution in [0.4, 0.5) is 4.39 Å². The summed E-state index contributed by atoms with van der Waals surface area (Å²) in [5.41, 5.74) is 3.54. The van der Waals surface area contributed by atoms with Crippen molar-refractivity contribution in [2.24, 2.45) is 5.41 Å². The third-order valence-corrected chi connectivity index (χ3v) is 6.31. The average molecular weight is 391 g/mol. The van der Waals surface area contributed by atoms with Crippen molar-refractivity contribution in [1.82, 2.24) is 14.7 Å². The van der Waals surface area contributed by atoms with E-state index in [1.165, 1.54) is 23.4 Å². The van der Waals surface area contributed by atoms with Gasteiger partial charge >= 0.3 is 0 Å². The molecule has 1 aliphatic heterocycles. The summed E-state index contributed by atoms with van der Waals surface area (Å²) in [6.45, 7) is 3.35. The number of carbonyl (C=O) groups excluding carboxylic acids is 1. The van der Waals surface area contributed by atoms with Crippen LogP contribution in [-0.4, -0.2) is 38.8 Å². The monoisotopic (exact) mass is 391 g/mol. The minimum atomic E-state index is -0.595. The molecule has 1 aliphatic carbocycles. The maximum Gasteiger partial charge on any atom is 0.257 e. The number of aryl methyl sites for hydroxylation is 1. The summed E-state index contributed by atoms with van der Waals surface area (Å²) in [6, 6.07) is 13.9. The Bertz CT molecular complexity index is 1090. The fourth-order valence-corrected chi connectivity index (χ4v) is 4.83. The van der Waals surface area contributed by atoms with Gasteiger partial charge in [0.05, 0.1) is 11.3 Å². The van der Waals surface area contributed by atoms with Crippen molar-refractivity contribution >= 4 is 5.91 Å². The second-order valence-electron chi connectivity index (χ2n) is 8.38. The fraction of sp³-hybridized carbons (Fsp3) is 0.304. The van der Waals surface area contributed by atoms with E-state index in [4.69, 9.17) is 0 Å². The van der Waals surface area contributed by atoms with Crippen LogP contribution in [0.3, 0.4) is 0 Å². The lowest BCUT2D eigenvalue weighted by atomic mass is 9.57. The molecule has 2 aliphatic rings. The Balaban J connectivity index is 1.27. The van der Waals surface area contributed by atoms with E-state index < -0.39 is 5.82 Å². The van der Waals surface area contributed by atoms with E-state index in [2.05, 4.69) is 30.2 Å². The predicted octanol–water partition coefficient (Wildman–Crippen LogP) is 4.05. The molecule has 0 atom stereocenters. The molecule has 29 heavy (non-hydrogen) atoms. The van der Waals surface area contributed by atoms with E-state index in [1.54, 1.807) is 4.90 Å². The molecule has 0 bridgehead atoms. The van der Waals surface area contributed by atoms with E-state index in [1.807, 2.05) is 23.0 Å². The number of aromatic hydroxyl groups is 1. The van der Waals surface area contributed by atoms with Gasteiger partial charge in [0.2, 0.25) is 0 Å². The zero-order valence-corrected chi connectivity index (χ0v) is 16.2. The lowest BCUT2D eigenvalue weighted by Gasteiger charge is -2.59. The number of hydrogen-bond acceptors (Lipinski definition) is 3. The van der Waals surface area contributed by atoms with Crippen LogP contribution in [0.25, 0.3) is 5.69 Å². The SMILES string of the molecule is Cc1ccccc1-n1nccc1C1CC2(C1)CN(C(=O)c1cc(O)ccc1F)C2. The largest absolute Gasteiger partial charge is 0.508 e. The number of amides is 1. The van der Waals surface area contributed by atoms with Gasteiger partial charge in [0, 0.05) is 36.3 Å². The number of benzene rings is 2. The number of phenolic OH excluding ortho intramolecular Hbond substituents is 1. The third kappa shape index (κ3) is 2.90. The highest BCUT2D eigenvalue weighted by Crippen LogP contribution is 2.56. The van der Waals surface area contributed by atoms with E-state index >= 15 is 0 Å². The van der Waals surface area contributed by atoms with Gasteiger partial charge in [-0.25, -0.2) is 9.07 Å². The summed E-state index contributed by atoms with van der Waals surface area (Å²) in [6.07, 6.45) is 3.84. The Kier molecular flexibility index (Phi) is 3.98. The maximum atomic E-state index is 13.9. The van der Waals surface area contributed by atoms with E-state index in [0.29, 0.717) is 19.0 Å². The van der Waals surface area contributed by atoms with Crippen molar-refractivity contribution in [3.63, 3.8) is 0 Å². The normalized spacial score (nSPS) is 17.8. The van der Waals surface area contributed by atoms with Gasteiger partial charge in [0.15, 0.2) is 0 Å². The molecule has 148 valence electrons. The molecular formula is C23H22FN3O2. The second kappa shape index (κ2) is 6.44. The van der Waals surface area contributed by atoms with Gasteiger partial charge in [-0.05, 0) is 55.7 Å². The summed E-state index contributed by atoms with van der Waals surface area (Å²) in [5, 5.41) is 14.1. The van der Waals surface area contributed by atoms with Crippen LogP contribution < -0.4 is 0 Å². The first-order valence-corrected chi connectivity index (χ1v) is 9.83. The lowest BCUT2D eigenvalue weighted by molar-refractivity contribution is -0.0567. The lowest BCUT2D eigenvalue weighted by Crippen LogP contribution is -2.63. The number of carbonyl (C=O) groups is 1. The number of phenols is 1. The number of halogens is 1. The molecule has 0 radical (unpaired) electrons. The zero-order chi connectivity index (χ0) is 20.2. The third-order valence-electron chi connectivity index (χ3n) is 6.31. The van der Waals surface area contributed by atoms with Gasteiger partial charge in [0.25, 0.3) is 5.91 Å². The van der Waals surface area contributed by atoms with Gasteiger partial charge in [-0.2, -0.15) is 5.10 Å². The first-order valence-electron chi connectivity index (χ1n) is 9.83. The highest BCUT2D eigenvalue weighted by atomic mass is 19.1. The van der Waals surface area contributed by atoms with E-state index in [-0.39, 0.29) is 22.6 Å². The van der Waals surface area contributed by atoms with Gasteiger partial charge in [-0.15, -0.1) is 0 Å². The Morgan fingerprint density at radius 1 is 1.17 bits per heavy atom. The Hall–Kier alpha value is -3.15. The van der Waals surface area contributed by atoms with Crippen LogP contribution in [0.1, 0.15) is 40.4 Å². The number of aromatic nitrogens is 2. The van der Waals surface area contributed by atoms with E-state index in [0.717, 1.165) is 24.6 Å². The number of likely N-dealkylation sites (tertiary alicyclic amines) is 1. The van der Waals surface area contributed by atoms with Crippen LogP contribution in [0, 0.1) is 18.2 Å². The van der Waals surface area contributed by atoms with Crippen molar-refractivity contribution in [3.05, 3.63) is 77.4 Å². The number of nitrogens with zero attached hydrogens (tertiary/aromatic N) is 3. The molecule has 1 saturated heterocycles. The van der Waals surface area contributed by atoms with Crippen molar-refractivity contribution in [1.29, 1.82) is 0 Å². The van der Waals surface area contributed by atoms with Crippen LogP contribution in [0.15, 0.2) is 54.7 Å². The van der Waals surface area contributed by atoms with Crippen molar-refractivity contribution in [3.8, 4) is 11.4 Å². The molecular weight excluding hydrogens is 369 g/mol. The van der Waals surface area contributed by atoms with Crippen molar-refractivity contribution < 1.29 is 14.3 Å². The topological polar surface area (TPSA) is 58.4 Å². The maximum absolute atomic E-state index is 13.9. The molecule has 1 amide bonds. The molecule has 2 heterocycles. The highest BCUT2D eigenvalue weighted by Gasteiger charge is 2.54. The summed E-state index contributed by atoms with van der Waals surface area (Å²) in [7, 11) is 0. The summed E-state index contributed by atoms with van der Waals surface area (Å²) >= 11 is 0. The smallest absolute Gasteiger partial charge is 0.257 e. The minimum Gasteiger partial charge on any atom is -0.508 e. The molecule has 5 rings (SSSR count). The Morgan fingerprint density at radius 2 is 1.93 bits per heavy atom. The summed E-state index contributed by atoms with van der Waals surface area (Å²) in [5.74, 6) is -0.634. The number of hydrogen-bond donors (Lipinski definition) is 1. The predicted molar refractivity (Wildman–Crippen MR) is 107 cm³/mol. The number of rotatable bonds is 3. The molecule has 3 aromatic rings. The molecule has 1 spiro atoms. The molecule has 1 N–H and O–H groups in total.